The molecule has 0 aliphatic carbocycles. The second-order valence-corrected chi connectivity index (χ2v) is 3.98. The van der Waals surface area contributed by atoms with Gasteiger partial charge in [0.1, 0.15) is 18.3 Å². The summed E-state index contributed by atoms with van der Waals surface area (Å²) >= 11 is 0. The first-order chi connectivity index (χ1) is 6.77. The summed E-state index contributed by atoms with van der Waals surface area (Å²) < 4.78 is 16.1. The van der Waals surface area contributed by atoms with Gasteiger partial charge in [0, 0.05) is 7.11 Å². The number of aliphatic hydroxyl groups excluding tert-OH is 1. The van der Waals surface area contributed by atoms with E-state index in [4.69, 9.17) is 14.2 Å². The van der Waals surface area contributed by atoms with Crippen LogP contribution in [-0.4, -0.2) is 42.9 Å². The molecular weight excluding hydrogens is 184 g/mol. The minimum atomic E-state index is -0.474. The average Bonchev–Trinajstić information content (AvgIpc) is 2.97. The van der Waals surface area contributed by atoms with E-state index in [0.717, 1.165) is 19.3 Å². The van der Waals surface area contributed by atoms with Gasteiger partial charge in [-0.15, -0.1) is 0 Å². The second-order valence-electron chi connectivity index (χ2n) is 3.98. The molecule has 2 heterocycles. The first-order valence-electron chi connectivity index (χ1n) is 5.29. The summed E-state index contributed by atoms with van der Waals surface area (Å²) in [4.78, 5) is 0. The van der Waals surface area contributed by atoms with E-state index in [1.165, 1.54) is 0 Å². The van der Waals surface area contributed by atoms with Crippen LogP contribution in [0.25, 0.3) is 0 Å². The lowest BCUT2D eigenvalue weighted by molar-refractivity contribution is -0.200. The van der Waals surface area contributed by atoms with Gasteiger partial charge < -0.3 is 19.3 Å². The molecule has 2 aliphatic rings. The maximum Gasteiger partial charge on any atom is 0.186 e. The topological polar surface area (TPSA) is 51.2 Å². The Hall–Kier alpha value is -0.160. The van der Waals surface area contributed by atoms with E-state index in [-0.39, 0.29) is 24.6 Å². The quantitative estimate of drug-likeness (QED) is 0.681. The van der Waals surface area contributed by atoms with Crippen molar-refractivity contribution in [3.63, 3.8) is 0 Å². The molecule has 0 saturated carbocycles. The molecule has 0 aromatic carbocycles. The molecule has 4 heteroatoms. The molecule has 0 radical (unpaired) electrons. The van der Waals surface area contributed by atoms with Gasteiger partial charge in [0.15, 0.2) is 6.29 Å². The maximum atomic E-state index is 9.81. The van der Waals surface area contributed by atoms with Crippen molar-refractivity contribution in [2.75, 3.05) is 7.11 Å². The highest BCUT2D eigenvalue weighted by Crippen LogP contribution is 2.38. The Kier molecular flexibility index (Phi) is 3.07. The molecule has 0 unspecified atom stereocenters. The Morgan fingerprint density at radius 2 is 2.07 bits per heavy atom. The van der Waals surface area contributed by atoms with Crippen molar-refractivity contribution in [1.29, 1.82) is 0 Å². The van der Waals surface area contributed by atoms with Crippen LogP contribution in [0.1, 0.15) is 26.2 Å². The third kappa shape index (κ3) is 1.80. The Balaban J connectivity index is 1.89. The summed E-state index contributed by atoms with van der Waals surface area (Å²) in [6.45, 7) is 2.12. The molecule has 2 rings (SSSR count). The predicted octanol–water partition coefficient (Wildman–Crippen LogP) is 0.676. The number of fused-ring (bicyclic) bond motifs is 1. The van der Waals surface area contributed by atoms with Crippen LogP contribution in [0.3, 0.4) is 0 Å². The molecule has 82 valence electrons. The van der Waals surface area contributed by atoms with E-state index in [9.17, 15) is 5.11 Å². The lowest BCUT2D eigenvalue weighted by atomic mass is 10.00. The first-order valence-corrected chi connectivity index (χ1v) is 5.29. The molecule has 5 atom stereocenters. The Bertz CT molecular complexity index is 197. The number of epoxide rings is 1. The highest BCUT2D eigenvalue weighted by Gasteiger charge is 2.57. The number of rotatable bonds is 4. The van der Waals surface area contributed by atoms with Crippen molar-refractivity contribution in [2.45, 2.75) is 56.9 Å². The fourth-order valence-corrected chi connectivity index (χ4v) is 2.01. The van der Waals surface area contributed by atoms with Crippen molar-refractivity contribution in [3.05, 3.63) is 0 Å². The van der Waals surface area contributed by atoms with E-state index >= 15 is 0 Å². The zero-order chi connectivity index (χ0) is 10.1. The van der Waals surface area contributed by atoms with Gasteiger partial charge in [0.05, 0.1) is 6.10 Å². The summed E-state index contributed by atoms with van der Waals surface area (Å²) in [5, 5.41) is 9.81. The smallest absolute Gasteiger partial charge is 0.186 e. The van der Waals surface area contributed by atoms with E-state index in [1.807, 2.05) is 0 Å². The van der Waals surface area contributed by atoms with Crippen LogP contribution in [0, 0.1) is 0 Å². The number of hydrogen-bond acceptors (Lipinski definition) is 4. The van der Waals surface area contributed by atoms with Gasteiger partial charge in [-0.3, -0.25) is 0 Å². The summed E-state index contributed by atoms with van der Waals surface area (Å²) in [5.41, 5.74) is 0. The van der Waals surface area contributed by atoms with Gasteiger partial charge in [0.25, 0.3) is 0 Å². The van der Waals surface area contributed by atoms with E-state index in [2.05, 4.69) is 6.92 Å². The number of unbranched alkanes of at least 4 members (excludes halogenated alkanes) is 1. The van der Waals surface area contributed by atoms with Crippen LogP contribution in [0.2, 0.25) is 0 Å². The second kappa shape index (κ2) is 4.14. The highest BCUT2D eigenvalue weighted by molar-refractivity contribution is 5.00. The molecule has 2 fully saturated rings. The number of aliphatic hydroxyl groups is 1. The monoisotopic (exact) mass is 202 g/mol. The maximum absolute atomic E-state index is 9.81. The lowest BCUT2D eigenvalue weighted by Gasteiger charge is -2.30. The average molecular weight is 202 g/mol. The third-order valence-corrected chi connectivity index (χ3v) is 2.93. The summed E-state index contributed by atoms with van der Waals surface area (Å²) in [7, 11) is 1.61. The zero-order valence-electron chi connectivity index (χ0n) is 8.68. The fraction of sp³-hybridized carbons (Fsp3) is 1.00. The number of methoxy groups -OCH3 is 1. The van der Waals surface area contributed by atoms with Gasteiger partial charge in [-0.05, 0) is 6.42 Å². The SMILES string of the molecule is CCCC[C@H]1O[C@H](OC)[C@@H]2O[C@@H]2[C@@H]1O. The molecular formula is C10H18O4. The molecule has 2 saturated heterocycles. The minimum absolute atomic E-state index is 0.0483. The van der Waals surface area contributed by atoms with Crippen LogP contribution in [0.4, 0.5) is 0 Å². The van der Waals surface area contributed by atoms with E-state index < -0.39 is 6.10 Å². The van der Waals surface area contributed by atoms with Crippen LogP contribution in [0.15, 0.2) is 0 Å². The molecule has 14 heavy (non-hydrogen) atoms. The van der Waals surface area contributed by atoms with Gasteiger partial charge in [-0.1, -0.05) is 19.8 Å². The molecule has 0 aromatic rings. The lowest BCUT2D eigenvalue weighted by Crippen LogP contribution is -2.45. The molecule has 0 aromatic heterocycles. The van der Waals surface area contributed by atoms with Crippen LogP contribution in [0.5, 0.6) is 0 Å². The minimum Gasteiger partial charge on any atom is -0.388 e. The molecule has 0 bridgehead atoms. The van der Waals surface area contributed by atoms with Crippen molar-refractivity contribution < 1.29 is 19.3 Å². The Labute approximate surface area is 84.1 Å². The van der Waals surface area contributed by atoms with Crippen molar-refractivity contribution in [2.24, 2.45) is 0 Å². The number of ether oxygens (including phenoxy) is 3. The summed E-state index contributed by atoms with van der Waals surface area (Å²) in [5.74, 6) is 0. The Morgan fingerprint density at radius 1 is 1.29 bits per heavy atom. The summed E-state index contributed by atoms with van der Waals surface area (Å²) in [6.07, 6.45) is 2.06. The van der Waals surface area contributed by atoms with Crippen LogP contribution < -0.4 is 0 Å². The highest BCUT2D eigenvalue weighted by atomic mass is 16.7. The molecule has 2 aliphatic heterocycles. The van der Waals surface area contributed by atoms with E-state index in [1.54, 1.807) is 7.11 Å². The van der Waals surface area contributed by atoms with Gasteiger partial charge >= 0.3 is 0 Å². The van der Waals surface area contributed by atoms with Gasteiger partial charge in [-0.2, -0.15) is 0 Å². The molecule has 1 N–H and O–H groups in total. The normalized spacial score (nSPS) is 46.1. The van der Waals surface area contributed by atoms with Crippen molar-refractivity contribution in [1.82, 2.24) is 0 Å². The third-order valence-electron chi connectivity index (χ3n) is 2.93. The fourth-order valence-electron chi connectivity index (χ4n) is 2.01. The van der Waals surface area contributed by atoms with Crippen molar-refractivity contribution in [3.8, 4) is 0 Å². The van der Waals surface area contributed by atoms with Crippen LogP contribution in [-0.2, 0) is 14.2 Å². The first kappa shape index (κ1) is 10.4. The van der Waals surface area contributed by atoms with Gasteiger partial charge in [-0.25, -0.2) is 0 Å². The largest absolute Gasteiger partial charge is 0.388 e. The summed E-state index contributed by atoms with van der Waals surface area (Å²) in [6, 6.07) is 0. The zero-order valence-corrected chi connectivity index (χ0v) is 8.68. The molecule has 0 amide bonds. The van der Waals surface area contributed by atoms with E-state index in [0.29, 0.717) is 0 Å². The molecule has 0 spiro atoms. The predicted molar refractivity (Wildman–Crippen MR) is 49.9 cm³/mol. The standard InChI is InChI=1S/C10H18O4/c1-3-4-5-6-7(11)8-9(14-8)10(12-2)13-6/h6-11H,3-5H2,1-2H3/t6-,7-,8-,9-,10+/m1/s1. The van der Waals surface area contributed by atoms with Gasteiger partial charge in [0.2, 0.25) is 0 Å². The van der Waals surface area contributed by atoms with Crippen molar-refractivity contribution >= 4 is 0 Å². The molecule has 4 nitrogen and oxygen atoms in total. The number of hydrogen-bond donors (Lipinski definition) is 1. The van der Waals surface area contributed by atoms with Crippen LogP contribution >= 0.6 is 0 Å². The Morgan fingerprint density at radius 3 is 2.71 bits per heavy atom.